The number of fused-ring (bicyclic) bond motifs is 1. The van der Waals surface area contributed by atoms with Crippen molar-refractivity contribution in [3.8, 4) is 0 Å². The van der Waals surface area contributed by atoms with Crippen molar-refractivity contribution in [3.63, 3.8) is 0 Å². The maximum absolute atomic E-state index is 12.6. The number of ether oxygens (including phenoxy) is 1. The van der Waals surface area contributed by atoms with Gasteiger partial charge in [-0.3, -0.25) is 14.6 Å². The molecule has 9 nitrogen and oxygen atoms in total. The number of rotatable bonds is 6. The van der Waals surface area contributed by atoms with Crippen molar-refractivity contribution in [2.24, 2.45) is 7.05 Å². The number of aryl methyl sites for hydroxylation is 1. The second kappa shape index (κ2) is 7.10. The first-order chi connectivity index (χ1) is 11.6. The minimum absolute atomic E-state index is 0.0581. The second-order valence-electron chi connectivity index (χ2n) is 6.28. The van der Waals surface area contributed by atoms with Crippen LogP contribution in [0, 0.1) is 0 Å². The molecule has 130 valence electrons. The number of nitrogens with zero attached hydrogens (tertiary/aromatic N) is 6. The molecule has 0 aromatic carbocycles. The zero-order valence-corrected chi connectivity index (χ0v) is 14.3. The van der Waals surface area contributed by atoms with Crippen LogP contribution in [0.3, 0.4) is 0 Å². The Morgan fingerprint density at radius 1 is 1.50 bits per heavy atom. The van der Waals surface area contributed by atoms with Gasteiger partial charge in [-0.2, -0.15) is 5.10 Å². The third-order valence-electron chi connectivity index (χ3n) is 4.13. The number of likely N-dealkylation sites (N-methyl/N-ethyl adjacent to an activating group) is 1. The number of carbonyl (C=O) groups excluding carboxylic acids is 1. The largest absolute Gasteiger partial charge is 0.379 e. The molecule has 1 atom stereocenters. The molecule has 1 unspecified atom stereocenters. The standard InChI is InChI=1S/C15H23N7O2/c1-20(2)6-7-24-10-11-8-22(15(23)12-4-5-16-17-12)9-13-14(11)21(3)19-18-13/h4-5,11H,6-10H2,1-3H3,(H,16,17). The van der Waals surface area contributed by atoms with Gasteiger partial charge in [0, 0.05) is 32.3 Å². The van der Waals surface area contributed by atoms with Gasteiger partial charge in [-0.25, -0.2) is 0 Å². The van der Waals surface area contributed by atoms with Gasteiger partial charge >= 0.3 is 0 Å². The van der Waals surface area contributed by atoms with Crippen molar-refractivity contribution in [3.05, 3.63) is 29.3 Å². The average Bonchev–Trinajstić information content (AvgIpc) is 3.21. The predicted octanol–water partition coefficient (Wildman–Crippen LogP) is -0.144. The summed E-state index contributed by atoms with van der Waals surface area (Å²) in [6.45, 7) is 3.08. The van der Waals surface area contributed by atoms with E-state index >= 15 is 0 Å². The Hall–Kier alpha value is -2.26. The number of carbonyl (C=O) groups is 1. The molecular weight excluding hydrogens is 310 g/mol. The van der Waals surface area contributed by atoms with Gasteiger partial charge in [0.1, 0.15) is 11.4 Å². The fourth-order valence-corrected chi connectivity index (χ4v) is 2.92. The van der Waals surface area contributed by atoms with Crippen LogP contribution in [0.15, 0.2) is 12.3 Å². The number of aromatic amines is 1. The van der Waals surface area contributed by atoms with Gasteiger partial charge in [-0.05, 0) is 20.2 Å². The zero-order valence-electron chi connectivity index (χ0n) is 14.3. The second-order valence-corrected chi connectivity index (χ2v) is 6.28. The lowest BCUT2D eigenvalue weighted by molar-refractivity contribution is 0.0608. The highest BCUT2D eigenvalue weighted by molar-refractivity contribution is 5.92. The lowest BCUT2D eigenvalue weighted by atomic mass is 9.98. The van der Waals surface area contributed by atoms with E-state index in [0.717, 1.165) is 17.9 Å². The summed E-state index contributed by atoms with van der Waals surface area (Å²) in [6, 6.07) is 1.68. The summed E-state index contributed by atoms with van der Waals surface area (Å²) in [5.74, 6) is -0.0233. The maximum atomic E-state index is 12.6. The van der Waals surface area contributed by atoms with E-state index in [9.17, 15) is 4.79 Å². The highest BCUT2D eigenvalue weighted by atomic mass is 16.5. The Kier molecular flexibility index (Phi) is 4.91. The highest BCUT2D eigenvalue weighted by Gasteiger charge is 2.33. The number of amides is 1. The molecular formula is C15H23N7O2. The highest BCUT2D eigenvalue weighted by Crippen LogP contribution is 2.27. The van der Waals surface area contributed by atoms with E-state index in [2.05, 4.69) is 25.4 Å². The van der Waals surface area contributed by atoms with E-state index in [-0.39, 0.29) is 11.8 Å². The summed E-state index contributed by atoms with van der Waals surface area (Å²) < 4.78 is 7.60. The van der Waals surface area contributed by atoms with Crippen LogP contribution in [0.2, 0.25) is 0 Å². The molecule has 0 spiro atoms. The quantitative estimate of drug-likeness (QED) is 0.740. The van der Waals surface area contributed by atoms with E-state index in [1.54, 1.807) is 21.8 Å². The first kappa shape index (κ1) is 16.6. The monoisotopic (exact) mass is 333 g/mol. The van der Waals surface area contributed by atoms with Crippen LogP contribution < -0.4 is 0 Å². The SMILES string of the molecule is CN(C)CCOCC1CN(C(=O)c2ccn[nH]2)Cc2nnn(C)c21. The van der Waals surface area contributed by atoms with Gasteiger partial charge in [0.2, 0.25) is 0 Å². The fourth-order valence-electron chi connectivity index (χ4n) is 2.92. The zero-order chi connectivity index (χ0) is 17.1. The molecule has 0 saturated heterocycles. The van der Waals surface area contributed by atoms with E-state index in [0.29, 0.717) is 32.0 Å². The third kappa shape index (κ3) is 3.46. The summed E-state index contributed by atoms with van der Waals surface area (Å²) in [7, 11) is 5.90. The van der Waals surface area contributed by atoms with Crippen molar-refractivity contribution in [1.29, 1.82) is 0 Å². The van der Waals surface area contributed by atoms with E-state index in [1.807, 2.05) is 21.1 Å². The van der Waals surface area contributed by atoms with E-state index in [4.69, 9.17) is 4.74 Å². The molecule has 3 rings (SSSR count). The Bertz CT molecular complexity index is 680. The van der Waals surface area contributed by atoms with Crippen LogP contribution in [0.25, 0.3) is 0 Å². The topological polar surface area (TPSA) is 92.2 Å². The van der Waals surface area contributed by atoms with Crippen molar-refractivity contribution in [2.45, 2.75) is 12.5 Å². The van der Waals surface area contributed by atoms with Gasteiger partial charge in [-0.1, -0.05) is 5.21 Å². The van der Waals surface area contributed by atoms with Gasteiger partial charge in [0.15, 0.2) is 0 Å². The van der Waals surface area contributed by atoms with Crippen molar-refractivity contribution in [2.75, 3.05) is 40.4 Å². The molecule has 0 aliphatic carbocycles. The average molecular weight is 333 g/mol. The maximum Gasteiger partial charge on any atom is 0.272 e. The first-order valence-electron chi connectivity index (χ1n) is 7.96. The molecule has 0 saturated carbocycles. The van der Waals surface area contributed by atoms with Crippen molar-refractivity contribution in [1.82, 2.24) is 35.0 Å². The normalized spacial score (nSPS) is 17.3. The van der Waals surface area contributed by atoms with Crippen LogP contribution in [0.5, 0.6) is 0 Å². The summed E-state index contributed by atoms with van der Waals surface area (Å²) >= 11 is 0. The molecule has 1 amide bonds. The molecule has 3 heterocycles. The lowest BCUT2D eigenvalue weighted by Gasteiger charge is -2.32. The van der Waals surface area contributed by atoms with E-state index < -0.39 is 0 Å². The molecule has 9 heteroatoms. The number of hydrogen-bond acceptors (Lipinski definition) is 6. The molecule has 0 bridgehead atoms. The van der Waals surface area contributed by atoms with Crippen molar-refractivity contribution < 1.29 is 9.53 Å². The Balaban J connectivity index is 1.72. The smallest absolute Gasteiger partial charge is 0.272 e. The molecule has 1 aliphatic rings. The van der Waals surface area contributed by atoms with E-state index in [1.165, 1.54) is 0 Å². The van der Waals surface area contributed by atoms with Crippen LogP contribution in [0.4, 0.5) is 0 Å². The molecule has 1 N–H and O–H groups in total. The van der Waals surface area contributed by atoms with Gasteiger partial charge in [0.05, 0.1) is 25.5 Å². The summed E-state index contributed by atoms with van der Waals surface area (Å²) in [5, 5.41) is 14.9. The Morgan fingerprint density at radius 3 is 3.04 bits per heavy atom. The van der Waals surface area contributed by atoms with Gasteiger partial charge in [-0.15, -0.1) is 5.10 Å². The number of H-pyrrole nitrogens is 1. The number of nitrogens with one attached hydrogen (secondary N) is 1. The summed E-state index contributed by atoms with van der Waals surface area (Å²) in [5.41, 5.74) is 2.36. The molecule has 0 radical (unpaired) electrons. The Morgan fingerprint density at radius 2 is 2.33 bits per heavy atom. The molecule has 1 aliphatic heterocycles. The van der Waals surface area contributed by atoms with Crippen LogP contribution >= 0.6 is 0 Å². The summed E-state index contributed by atoms with van der Waals surface area (Å²) in [6.07, 6.45) is 1.58. The predicted molar refractivity (Wildman–Crippen MR) is 86.4 cm³/mol. The minimum Gasteiger partial charge on any atom is -0.379 e. The third-order valence-corrected chi connectivity index (χ3v) is 4.13. The summed E-state index contributed by atoms with van der Waals surface area (Å²) in [4.78, 5) is 16.4. The molecule has 24 heavy (non-hydrogen) atoms. The first-order valence-corrected chi connectivity index (χ1v) is 7.96. The molecule has 2 aromatic heterocycles. The lowest BCUT2D eigenvalue weighted by Crippen LogP contribution is -2.40. The number of hydrogen-bond donors (Lipinski definition) is 1. The van der Waals surface area contributed by atoms with Gasteiger partial charge in [0.25, 0.3) is 5.91 Å². The minimum atomic E-state index is -0.0814. The van der Waals surface area contributed by atoms with Crippen LogP contribution in [-0.4, -0.2) is 81.3 Å². The molecule has 0 fully saturated rings. The fraction of sp³-hybridized carbons (Fsp3) is 0.600. The van der Waals surface area contributed by atoms with Gasteiger partial charge < -0.3 is 14.5 Å². The van der Waals surface area contributed by atoms with Crippen LogP contribution in [-0.2, 0) is 18.3 Å². The van der Waals surface area contributed by atoms with Crippen LogP contribution in [0.1, 0.15) is 27.8 Å². The number of aromatic nitrogens is 5. The Labute approximate surface area is 140 Å². The van der Waals surface area contributed by atoms with Crippen molar-refractivity contribution >= 4 is 5.91 Å². The molecule has 2 aromatic rings.